The lowest BCUT2D eigenvalue weighted by molar-refractivity contribution is -0.136. The zero-order valence-electron chi connectivity index (χ0n) is 21.5. The van der Waals surface area contributed by atoms with Crippen molar-refractivity contribution >= 4 is 11.5 Å². The normalized spacial score (nSPS) is 15.2. The summed E-state index contributed by atoms with van der Waals surface area (Å²) in [7, 11) is 2.96. The van der Waals surface area contributed by atoms with E-state index in [1.807, 2.05) is 66.7 Å². The topological polar surface area (TPSA) is 83.5 Å². The van der Waals surface area contributed by atoms with Gasteiger partial charge in [-0.05, 0) is 58.7 Å². The lowest BCUT2D eigenvalue weighted by Crippen LogP contribution is -2.13. The number of carbonyl (C=O) groups is 1. The van der Waals surface area contributed by atoms with Crippen molar-refractivity contribution in [2.75, 3.05) is 21.0 Å². The Morgan fingerprint density at radius 1 is 0.897 bits per heavy atom. The molecule has 2 aliphatic rings. The van der Waals surface area contributed by atoms with Gasteiger partial charge in [0, 0.05) is 23.1 Å². The minimum atomic E-state index is -0.479. The van der Waals surface area contributed by atoms with Gasteiger partial charge in [0.25, 0.3) is 0 Å². The predicted molar refractivity (Wildman–Crippen MR) is 144 cm³/mol. The van der Waals surface area contributed by atoms with Crippen LogP contribution in [0.3, 0.4) is 0 Å². The number of benzene rings is 4. The van der Waals surface area contributed by atoms with Crippen LogP contribution in [0, 0.1) is 0 Å². The van der Waals surface area contributed by atoms with Crippen LogP contribution in [0.4, 0.5) is 0 Å². The summed E-state index contributed by atoms with van der Waals surface area (Å²) in [5.74, 6) is 1.55. The summed E-state index contributed by atoms with van der Waals surface area (Å²) in [5.41, 5.74) is 5.15. The van der Waals surface area contributed by atoms with Crippen LogP contribution < -0.4 is 18.9 Å². The lowest BCUT2D eigenvalue weighted by Gasteiger charge is -2.18. The average molecular weight is 523 g/mol. The van der Waals surface area contributed by atoms with Gasteiger partial charge in [-0.3, -0.25) is 0 Å². The SMILES string of the molecule is COC(=O)C1=C(c2ccc(OC)cc2OCc2ccccc2)c2cc(O)ccc2[C@@H]1c1ccc2c(c1)OCO2. The average Bonchev–Trinajstić information content (AvgIpc) is 3.58. The van der Waals surface area contributed by atoms with Crippen molar-refractivity contribution in [2.24, 2.45) is 0 Å². The third-order valence-corrected chi connectivity index (χ3v) is 7.01. The van der Waals surface area contributed by atoms with Crippen LogP contribution in [0.2, 0.25) is 0 Å². The zero-order chi connectivity index (χ0) is 26.9. The molecule has 6 rings (SSSR count). The van der Waals surface area contributed by atoms with Crippen molar-refractivity contribution < 1.29 is 33.6 Å². The van der Waals surface area contributed by atoms with Gasteiger partial charge < -0.3 is 28.8 Å². The molecule has 4 aromatic rings. The minimum absolute atomic E-state index is 0.0852. The van der Waals surface area contributed by atoms with Crippen LogP contribution in [0.5, 0.6) is 28.7 Å². The summed E-state index contributed by atoms with van der Waals surface area (Å²) in [5, 5.41) is 10.5. The van der Waals surface area contributed by atoms with Crippen molar-refractivity contribution in [2.45, 2.75) is 12.5 Å². The van der Waals surface area contributed by atoms with Gasteiger partial charge in [-0.25, -0.2) is 4.79 Å². The molecule has 39 heavy (non-hydrogen) atoms. The summed E-state index contributed by atoms with van der Waals surface area (Å²) >= 11 is 0. The molecule has 0 aromatic heterocycles. The van der Waals surface area contributed by atoms with Crippen molar-refractivity contribution in [3.8, 4) is 28.7 Å². The molecule has 0 saturated carbocycles. The quantitative estimate of drug-likeness (QED) is 0.306. The number of phenolic OH excluding ortho intramolecular Hbond substituents is 1. The molecule has 1 aliphatic heterocycles. The maximum Gasteiger partial charge on any atom is 0.335 e. The lowest BCUT2D eigenvalue weighted by atomic mass is 9.87. The first kappa shape index (κ1) is 24.4. The molecule has 1 heterocycles. The smallest absolute Gasteiger partial charge is 0.335 e. The van der Waals surface area contributed by atoms with E-state index in [1.165, 1.54) is 7.11 Å². The summed E-state index contributed by atoms with van der Waals surface area (Å²) in [4.78, 5) is 13.5. The van der Waals surface area contributed by atoms with Crippen molar-refractivity contribution in [3.05, 3.63) is 118 Å². The highest BCUT2D eigenvalue weighted by Crippen LogP contribution is 2.52. The van der Waals surface area contributed by atoms with Gasteiger partial charge in [0.05, 0.1) is 19.8 Å². The van der Waals surface area contributed by atoms with E-state index in [-0.39, 0.29) is 12.5 Å². The first-order valence-corrected chi connectivity index (χ1v) is 12.5. The Balaban J connectivity index is 1.56. The summed E-state index contributed by atoms with van der Waals surface area (Å²) in [6, 6.07) is 26.1. The zero-order valence-corrected chi connectivity index (χ0v) is 21.5. The molecule has 0 saturated heterocycles. The number of esters is 1. The van der Waals surface area contributed by atoms with Gasteiger partial charge in [-0.15, -0.1) is 0 Å². The molecule has 0 fully saturated rings. The monoisotopic (exact) mass is 522 g/mol. The standard InChI is InChI=1S/C32H26O7/c1-35-22-10-12-24(27(16-22)37-17-19-6-4-3-5-7-19)30-25-15-21(33)9-11-23(25)29(31(30)32(34)36-2)20-8-13-26-28(14-20)39-18-38-26/h3-16,29,33H,17-18H2,1-2H3/t29-/m0/s1. The predicted octanol–water partition coefficient (Wildman–Crippen LogP) is 5.83. The van der Waals surface area contributed by atoms with E-state index in [4.69, 9.17) is 23.7 Å². The number of hydrogen-bond acceptors (Lipinski definition) is 7. The van der Waals surface area contributed by atoms with Crippen LogP contribution >= 0.6 is 0 Å². The Bertz CT molecular complexity index is 1590. The largest absolute Gasteiger partial charge is 0.508 e. The van der Waals surface area contributed by atoms with E-state index in [1.54, 1.807) is 25.3 Å². The van der Waals surface area contributed by atoms with Crippen molar-refractivity contribution in [1.82, 2.24) is 0 Å². The number of phenols is 1. The molecule has 1 N–H and O–H groups in total. The fourth-order valence-corrected chi connectivity index (χ4v) is 5.21. The van der Waals surface area contributed by atoms with E-state index >= 15 is 0 Å². The molecule has 0 bridgehead atoms. The van der Waals surface area contributed by atoms with Crippen molar-refractivity contribution in [3.63, 3.8) is 0 Å². The van der Waals surface area contributed by atoms with E-state index in [2.05, 4.69) is 0 Å². The molecule has 196 valence electrons. The molecular formula is C32H26O7. The number of hydrogen-bond donors (Lipinski definition) is 1. The first-order valence-electron chi connectivity index (χ1n) is 12.5. The highest BCUT2D eigenvalue weighted by atomic mass is 16.7. The Labute approximate surface area is 225 Å². The molecule has 7 heteroatoms. The second-order valence-electron chi connectivity index (χ2n) is 9.23. The fraction of sp³-hybridized carbons (Fsp3) is 0.156. The molecule has 0 unspecified atom stereocenters. The van der Waals surface area contributed by atoms with Gasteiger partial charge in [-0.1, -0.05) is 42.5 Å². The Hall–Kier alpha value is -4.91. The molecule has 0 radical (unpaired) electrons. The minimum Gasteiger partial charge on any atom is -0.508 e. The van der Waals surface area contributed by atoms with Gasteiger partial charge in [-0.2, -0.15) is 0 Å². The molecular weight excluding hydrogens is 496 g/mol. The third kappa shape index (κ3) is 4.42. The highest BCUT2D eigenvalue weighted by molar-refractivity contribution is 6.08. The van der Waals surface area contributed by atoms with Gasteiger partial charge in [0.1, 0.15) is 23.9 Å². The van der Waals surface area contributed by atoms with Gasteiger partial charge in [0.2, 0.25) is 6.79 Å². The maximum atomic E-state index is 13.5. The Morgan fingerprint density at radius 2 is 1.72 bits per heavy atom. The molecule has 0 spiro atoms. The molecule has 7 nitrogen and oxygen atoms in total. The van der Waals surface area contributed by atoms with Crippen LogP contribution in [-0.2, 0) is 16.1 Å². The van der Waals surface area contributed by atoms with E-state index in [0.29, 0.717) is 51.9 Å². The van der Waals surface area contributed by atoms with Gasteiger partial charge in [0.15, 0.2) is 11.5 Å². The van der Waals surface area contributed by atoms with Crippen LogP contribution in [0.25, 0.3) is 5.57 Å². The van der Waals surface area contributed by atoms with Gasteiger partial charge >= 0.3 is 5.97 Å². The second kappa shape index (κ2) is 10.1. The number of ether oxygens (including phenoxy) is 5. The number of rotatable bonds is 7. The molecule has 1 atom stereocenters. The maximum absolute atomic E-state index is 13.5. The molecule has 0 amide bonds. The number of aromatic hydroxyl groups is 1. The number of methoxy groups -OCH3 is 2. The Morgan fingerprint density at radius 3 is 2.51 bits per heavy atom. The number of fused-ring (bicyclic) bond motifs is 2. The fourth-order valence-electron chi connectivity index (χ4n) is 5.21. The van der Waals surface area contributed by atoms with Crippen LogP contribution in [0.15, 0.2) is 90.5 Å². The summed E-state index contributed by atoms with van der Waals surface area (Å²) in [6.45, 7) is 0.465. The molecule has 4 aromatic carbocycles. The van der Waals surface area contributed by atoms with E-state index in [9.17, 15) is 9.90 Å². The Kier molecular flexibility index (Phi) is 6.32. The summed E-state index contributed by atoms with van der Waals surface area (Å²) < 4.78 is 28.3. The second-order valence-corrected chi connectivity index (χ2v) is 9.23. The molecule has 1 aliphatic carbocycles. The summed E-state index contributed by atoms with van der Waals surface area (Å²) in [6.07, 6.45) is 0. The highest BCUT2D eigenvalue weighted by Gasteiger charge is 2.39. The first-order chi connectivity index (χ1) is 19.1. The van der Waals surface area contributed by atoms with Crippen molar-refractivity contribution in [1.29, 1.82) is 0 Å². The van der Waals surface area contributed by atoms with Crippen LogP contribution in [0.1, 0.15) is 33.7 Å². The van der Waals surface area contributed by atoms with E-state index in [0.717, 1.165) is 16.7 Å². The van der Waals surface area contributed by atoms with Crippen LogP contribution in [-0.4, -0.2) is 32.1 Å². The van der Waals surface area contributed by atoms with E-state index < -0.39 is 11.9 Å². The third-order valence-electron chi connectivity index (χ3n) is 7.01. The number of carbonyl (C=O) groups excluding carboxylic acids is 1.